The zero-order valence-electron chi connectivity index (χ0n) is 18.7. The summed E-state index contributed by atoms with van der Waals surface area (Å²) < 4.78 is 7.34. The third kappa shape index (κ3) is 6.18. The van der Waals surface area contributed by atoms with Crippen LogP contribution in [-0.4, -0.2) is 60.5 Å². The van der Waals surface area contributed by atoms with Crippen LogP contribution in [0.25, 0.3) is 5.69 Å². The number of nitrogens with zero attached hydrogens (tertiary/aromatic N) is 4. The molecule has 0 bridgehead atoms. The highest BCUT2D eigenvalue weighted by atomic mass is 16.5. The number of aliphatic imine (C=N–C) groups is 1. The maximum Gasteiger partial charge on any atom is 0.191 e. The van der Waals surface area contributed by atoms with E-state index in [4.69, 9.17) is 4.74 Å². The molecule has 0 atom stereocenters. The van der Waals surface area contributed by atoms with Crippen LogP contribution in [0, 0.1) is 0 Å². The van der Waals surface area contributed by atoms with E-state index >= 15 is 0 Å². The Morgan fingerprint density at radius 1 is 1.00 bits per heavy atom. The van der Waals surface area contributed by atoms with Crippen molar-refractivity contribution in [3.63, 3.8) is 0 Å². The van der Waals surface area contributed by atoms with Crippen molar-refractivity contribution in [3.8, 4) is 5.69 Å². The van der Waals surface area contributed by atoms with Crippen molar-refractivity contribution < 1.29 is 4.74 Å². The normalized spacial score (nSPS) is 15.0. The first-order valence-electron chi connectivity index (χ1n) is 11.2. The average molecular weight is 433 g/mol. The number of nitrogens with one attached hydrogen (secondary N) is 2. The minimum Gasteiger partial charge on any atom is -0.379 e. The minimum absolute atomic E-state index is 0.749. The Kier molecular flexibility index (Phi) is 7.89. The van der Waals surface area contributed by atoms with Gasteiger partial charge < -0.3 is 15.4 Å². The van der Waals surface area contributed by atoms with Gasteiger partial charge >= 0.3 is 0 Å². The van der Waals surface area contributed by atoms with Gasteiger partial charge in [-0.15, -0.1) is 0 Å². The highest BCUT2D eigenvalue weighted by molar-refractivity contribution is 5.79. The second-order valence-electron chi connectivity index (χ2n) is 7.88. The SMILES string of the molecule is CN=C(NCCc1ccc(-n2cccn2)cc1)NCc1ccccc1CN1CCOCC1. The van der Waals surface area contributed by atoms with Gasteiger partial charge in [0.15, 0.2) is 5.96 Å². The second-order valence-corrected chi connectivity index (χ2v) is 7.88. The first-order chi connectivity index (χ1) is 15.8. The first kappa shape index (κ1) is 22.0. The van der Waals surface area contributed by atoms with Crippen LogP contribution < -0.4 is 10.6 Å². The lowest BCUT2D eigenvalue weighted by Crippen LogP contribution is -2.38. The lowest BCUT2D eigenvalue weighted by Gasteiger charge is -2.27. The van der Waals surface area contributed by atoms with Crippen LogP contribution >= 0.6 is 0 Å². The quantitative estimate of drug-likeness (QED) is 0.423. The molecule has 168 valence electrons. The van der Waals surface area contributed by atoms with Crippen molar-refractivity contribution in [2.75, 3.05) is 39.9 Å². The zero-order valence-corrected chi connectivity index (χ0v) is 18.7. The van der Waals surface area contributed by atoms with Crippen molar-refractivity contribution in [2.24, 2.45) is 4.99 Å². The summed E-state index contributed by atoms with van der Waals surface area (Å²) in [6, 6.07) is 19.0. The van der Waals surface area contributed by atoms with E-state index in [2.05, 4.69) is 74.2 Å². The summed E-state index contributed by atoms with van der Waals surface area (Å²) in [5, 5.41) is 11.2. The molecule has 0 amide bonds. The maximum atomic E-state index is 5.47. The molecule has 4 rings (SSSR count). The number of morpholine rings is 1. The predicted molar refractivity (Wildman–Crippen MR) is 128 cm³/mol. The molecule has 0 saturated carbocycles. The molecule has 32 heavy (non-hydrogen) atoms. The highest BCUT2D eigenvalue weighted by Crippen LogP contribution is 2.13. The molecule has 1 saturated heterocycles. The summed E-state index contributed by atoms with van der Waals surface area (Å²) in [5.41, 5.74) is 5.01. The van der Waals surface area contributed by atoms with Crippen LogP contribution in [0.5, 0.6) is 0 Å². The molecule has 0 radical (unpaired) electrons. The number of hydrogen-bond donors (Lipinski definition) is 2. The molecule has 7 heteroatoms. The van der Waals surface area contributed by atoms with E-state index in [1.54, 1.807) is 6.20 Å². The Bertz CT molecular complexity index is 978. The van der Waals surface area contributed by atoms with Gasteiger partial charge in [-0.2, -0.15) is 5.10 Å². The molecular weight excluding hydrogens is 400 g/mol. The molecule has 1 aromatic heterocycles. The van der Waals surface area contributed by atoms with Gasteiger partial charge in [0, 0.05) is 52.2 Å². The van der Waals surface area contributed by atoms with Crippen molar-refractivity contribution >= 4 is 5.96 Å². The van der Waals surface area contributed by atoms with E-state index in [-0.39, 0.29) is 0 Å². The first-order valence-corrected chi connectivity index (χ1v) is 11.2. The van der Waals surface area contributed by atoms with Gasteiger partial charge in [-0.05, 0) is 41.3 Å². The smallest absolute Gasteiger partial charge is 0.191 e. The fourth-order valence-corrected chi connectivity index (χ4v) is 3.85. The van der Waals surface area contributed by atoms with Gasteiger partial charge in [-0.1, -0.05) is 36.4 Å². The second kappa shape index (κ2) is 11.5. The summed E-state index contributed by atoms with van der Waals surface area (Å²) >= 11 is 0. The van der Waals surface area contributed by atoms with Crippen LogP contribution in [0.15, 0.2) is 72.0 Å². The van der Waals surface area contributed by atoms with Crippen molar-refractivity contribution in [2.45, 2.75) is 19.5 Å². The van der Waals surface area contributed by atoms with E-state index in [0.29, 0.717) is 0 Å². The number of aromatic nitrogens is 2. The third-order valence-electron chi connectivity index (χ3n) is 5.70. The van der Waals surface area contributed by atoms with E-state index in [0.717, 1.165) is 64.0 Å². The molecule has 1 fully saturated rings. The summed E-state index contributed by atoms with van der Waals surface area (Å²) in [6.07, 6.45) is 4.66. The highest BCUT2D eigenvalue weighted by Gasteiger charge is 2.12. The standard InChI is InChI=1S/C25H32N6O/c1-26-25(27-13-11-21-7-9-24(10-8-21)31-14-4-12-29-31)28-19-22-5-2-3-6-23(22)20-30-15-17-32-18-16-30/h2-10,12,14H,11,13,15-20H2,1H3,(H2,26,27,28). The molecule has 3 aromatic rings. The Labute approximate surface area is 190 Å². The molecule has 7 nitrogen and oxygen atoms in total. The van der Waals surface area contributed by atoms with Gasteiger partial charge in [0.25, 0.3) is 0 Å². The van der Waals surface area contributed by atoms with Crippen LogP contribution in [0.4, 0.5) is 0 Å². The van der Waals surface area contributed by atoms with Crippen molar-refractivity contribution in [1.29, 1.82) is 0 Å². The molecule has 1 aliphatic rings. The van der Waals surface area contributed by atoms with E-state index in [9.17, 15) is 0 Å². The molecule has 2 N–H and O–H groups in total. The summed E-state index contributed by atoms with van der Waals surface area (Å²) in [7, 11) is 1.81. The molecular formula is C25H32N6O. The summed E-state index contributed by atoms with van der Waals surface area (Å²) in [5.74, 6) is 0.819. The number of benzene rings is 2. The molecule has 2 heterocycles. The van der Waals surface area contributed by atoms with Crippen LogP contribution in [0.2, 0.25) is 0 Å². The number of rotatable bonds is 8. The Morgan fingerprint density at radius 3 is 2.50 bits per heavy atom. The van der Waals surface area contributed by atoms with Gasteiger partial charge in [0.2, 0.25) is 0 Å². The van der Waals surface area contributed by atoms with Crippen molar-refractivity contribution in [1.82, 2.24) is 25.3 Å². The topological polar surface area (TPSA) is 66.7 Å². The van der Waals surface area contributed by atoms with Crippen LogP contribution in [0.3, 0.4) is 0 Å². The fraction of sp³-hybridized carbons (Fsp3) is 0.360. The molecule has 0 spiro atoms. The predicted octanol–water partition coefficient (Wildman–Crippen LogP) is 2.61. The Hall–Kier alpha value is -3.16. The number of ether oxygens (including phenoxy) is 1. The lowest BCUT2D eigenvalue weighted by atomic mass is 10.1. The van der Waals surface area contributed by atoms with Crippen LogP contribution in [-0.2, 0) is 24.2 Å². The molecule has 1 aliphatic heterocycles. The summed E-state index contributed by atoms with van der Waals surface area (Å²) in [4.78, 5) is 6.83. The minimum atomic E-state index is 0.749. The zero-order chi connectivity index (χ0) is 22.0. The molecule has 2 aromatic carbocycles. The maximum absolute atomic E-state index is 5.47. The Morgan fingerprint density at radius 2 is 1.78 bits per heavy atom. The van der Waals surface area contributed by atoms with E-state index in [1.165, 1.54) is 16.7 Å². The summed E-state index contributed by atoms with van der Waals surface area (Å²) in [6.45, 7) is 6.16. The third-order valence-corrected chi connectivity index (χ3v) is 5.70. The lowest BCUT2D eigenvalue weighted by molar-refractivity contribution is 0.0341. The van der Waals surface area contributed by atoms with Gasteiger partial charge in [0.05, 0.1) is 18.9 Å². The Balaban J connectivity index is 1.25. The van der Waals surface area contributed by atoms with E-state index < -0.39 is 0 Å². The number of guanidine groups is 1. The largest absolute Gasteiger partial charge is 0.379 e. The molecule has 0 aliphatic carbocycles. The van der Waals surface area contributed by atoms with Gasteiger partial charge in [-0.3, -0.25) is 9.89 Å². The van der Waals surface area contributed by atoms with Gasteiger partial charge in [0.1, 0.15) is 0 Å². The van der Waals surface area contributed by atoms with E-state index in [1.807, 2.05) is 24.0 Å². The van der Waals surface area contributed by atoms with Gasteiger partial charge in [-0.25, -0.2) is 4.68 Å². The van der Waals surface area contributed by atoms with Crippen molar-refractivity contribution in [3.05, 3.63) is 83.7 Å². The molecule has 0 unspecified atom stereocenters. The van der Waals surface area contributed by atoms with Crippen LogP contribution in [0.1, 0.15) is 16.7 Å². The average Bonchev–Trinajstić information content (AvgIpc) is 3.38. The monoisotopic (exact) mass is 432 g/mol. The fourth-order valence-electron chi connectivity index (χ4n) is 3.85. The number of hydrogen-bond acceptors (Lipinski definition) is 4.